The van der Waals surface area contributed by atoms with E-state index >= 15 is 0 Å². The molecule has 0 aliphatic carbocycles. The van der Waals surface area contributed by atoms with Crippen LogP contribution in [0.4, 0.5) is 8.78 Å². The van der Waals surface area contributed by atoms with Crippen molar-refractivity contribution in [3.05, 3.63) is 64.8 Å². The van der Waals surface area contributed by atoms with E-state index < -0.39 is 11.6 Å². The molecule has 1 aromatic heterocycles. The van der Waals surface area contributed by atoms with Crippen molar-refractivity contribution < 1.29 is 13.9 Å². The van der Waals surface area contributed by atoms with Crippen LogP contribution in [0.25, 0.3) is 16.9 Å². The molecule has 0 amide bonds. The molecular formula is C15H10ClF2N3O. The van der Waals surface area contributed by atoms with Crippen LogP contribution in [0.15, 0.2) is 42.5 Å². The van der Waals surface area contributed by atoms with E-state index in [9.17, 15) is 13.9 Å². The van der Waals surface area contributed by atoms with E-state index in [4.69, 9.17) is 11.6 Å². The number of aliphatic hydroxyl groups is 1. The Hall–Kier alpha value is -2.31. The van der Waals surface area contributed by atoms with Gasteiger partial charge in [-0.15, -0.1) is 5.10 Å². The predicted molar refractivity (Wildman–Crippen MR) is 77.6 cm³/mol. The number of halogens is 3. The van der Waals surface area contributed by atoms with Crippen LogP contribution in [-0.2, 0) is 6.61 Å². The SMILES string of the molecule is OCc1nnn(-c2cc(F)cc(F)c2)c1-c1cccc(Cl)c1. The van der Waals surface area contributed by atoms with Crippen molar-refractivity contribution in [2.75, 3.05) is 0 Å². The third-order valence-corrected chi connectivity index (χ3v) is 3.31. The number of hydrogen-bond donors (Lipinski definition) is 1. The van der Waals surface area contributed by atoms with E-state index in [-0.39, 0.29) is 18.0 Å². The Morgan fingerprint density at radius 3 is 2.45 bits per heavy atom. The molecular weight excluding hydrogens is 312 g/mol. The standard InChI is InChI=1S/C15H10ClF2N3O/c16-10-3-1-2-9(4-10)15-14(8-22)19-20-21(15)13-6-11(17)5-12(18)7-13/h1-7,22H,8H2. The topological polar surface area (TPSA) is 50.9 Å². The minimum atomic E-state index is -0.729. The number of rotatable bonds is 3. The number of hydrogen-bond acceptors (Lipinski definition) is 3. The molecule has 112 valence electrons. The fourth-order valence-electron chi connectivity index (χ4n) is 2.19. The summed E-state index contributed by atoms with van der Waals surface area (Å²) in [6.45, 7) is -0.361. The molecule has 0 radical (unpaired) electrons. The van der Waals surface area contributed by atoms with Gasteiger partial charge in [0, 0.05) is 16.7 Å². The molecule has 0 fully saturated rings. The molecule has 0 saturated heterocycles. The van der Waals surface area contributed by atoms with E-state index in [1.165, 1.54) is 4.68 Å². The average Bonchev–Trinajstić information content (AvgIpc) is 2.90. The molecule has 0 spiro atoms. The summed E-state index contributed by atoms with van der Waals surface area (Å²) in [5.41, 5.74) is 1.51. The molecule has 2 aromatic carbocycles. The highest BCUT2D eigenvalue weighted by atomic mass is 35.5. The van der Waals surface area contributed by atoms with Crippen molar-refractivity contribution in [2.45, 2.75) is 6.61 Å². The Balaban J connectivity index is 2.23. The summed E-state index contributed by atoms with van der Waals surface area (Å²) in [5.74, 6) is -1.46. The summed E-state index contributed by atoms with van der Waals surface area (Å²) in [6.07, 6.45) is 0. The molecule has 1 N–H and O–H groups in total. The van der Waals surface area contributed by atoms with Gasteiger partial charge in [-0.3, -0.25) is 0 Å². The van der Waals surface area contributed by atoms with Gasteiger partial charge in [-0.2, -0.15) is 0 Å². The lowest BCUT2D eigenvalue weighted by Gasteiger charge is -2.08. The average molecular weight is 322 g/mol. The largest absolute Gasteiger partial charge is 0.390 e. The molecule has 3 rings (SSSR count). The van der Waals surface area contributed by atoms with Gasteiger partial charge in [-0.05, 0) is 24.3 Å². The molecule has 0 atom stereocenters. The van der Waals surface area contributed by atoms with E-state index in [1.54, 1.807) is 24.3 Å². The van der Waals surface area contributed by atoms with Gasteiger partial charge < -0.3 is 5.11 Å². The zero-order valence-electron chi connectivity index (χ0n) is 11.2. The van der Waals surface area contributed by atoms with Crippen molar-refractivity contribution in [2.24, 2.45) is 0 Å². The maximum absolute atomic E-state index is 13.4. The van der Waals surface area contributed by atoms with Crippen LogP contribution in [0, 0.1) is 11.6 Å². The first kappa shape index (κ1) is 14.6. The van der Waals surface area contributed by atoms with Gasteiger partial charge in [-0.25, -0.2) is 13.5 Å². The van der Waals surface area contributed by atoms with Gasteiger partial charge >= 0.3 is 0 Å². The molecule has 0 saturated carbocycles. The first-order valence-electron chi connectivity index (χ1n) is 6.36. The van der Waals surface area contributed by atoms with Gasteiger partial charge in [0.15, 0.2) is 0 Å². The second-order valence-electron chi connectivity index (χ2n) is 4.59. The van der Waals surface area contributed by atoms with Crippen molar-refractivity contribution in [3.8, 4) is 16.9 Å². The fourth-order valence-corrected chi connectivity index (χ4v) is 2.38. The Morgan fingerprint density at radius 1 is 1.09 bits per heavy atom. The van der Waals surface area contributed by atoms with E-state index in [1.807, 2.05) is 0 Å². The van der Waals surface area contributed by atoms with E-state index in [0.29, 0.717) is 16.3 Å². The van der Waals surface area contributed by atoms with Crippen molar-refractivity contribution in [1.82, 2.24) is 15.0 Å². The van der Waals surface area contributed by atoms with Gasteiger partial charge in [-0.1, -0.05) is 28.9 Å². The summed E-state index contributed by atoms with van der Waals surface area (Å²) >= 11 is 5.97. The monoisotopic (exact) mass is 321 g/mol. The van der Waals surface area contributed by atoms with Crippen LogP contribution in [0.1, 0.15) is 5.69 Å². The quantitative estimate of drug-likeness (QED) is 0.804. The maximum Gasteiger partial charge on any atom is 0.128 e. The molecule has 4 nitrogen and oxygen atoms in total. The van der Waals surface area contributed by atoms with E-state index in [0.717, 1.165) is 18.2 Å². The number of aliphatic hydroxyl groups excluding tert-OH is 1. The number of nitrogens with zero attached hydrogens (tertiary/aromatic N) is 3. The van der Waals surface area contributed by atoms with Crippen LogP contribution in [0.5, 0.6) is 0 Å². The molecule has 7 heteroatoms. The highest BCUT2D eigenvalue weighted by Gasteiger charge is 2.17. The third kappa shape index (κ3) is 2.70. The second-order valence-corrected chi connectivity index (χ2v) is 5.03. The van der Waals surface area contributed by atoms with Crippen molar-refractivity contribution in [1.29, 1.82) is 0 Å². The summed E-state index contributed by atoms with van der Waals surface area (Å²) < 4.78 is 28.1. The van der Waals surface area contributed by atoms with Crippen LogP contribution >= 0.6 is 11.6 Å². The van der Waals surface area contributed by atoms with E-state index in [2.05, 4.69) is 10.3 Å². The Kier molecular flexibility index (Phi) is 3.87. The molecule has 0 bridgehead atoms. The number of benzene rings is 2. The van der Waals surface area contributed by atoms with Crippen LogP contribution in [0.2, 0.25) is 5.02 Å². The summed E-state index contributed by atoms with van der Waals surface area (Å²) in [5, 5.41) is 17.6. The van der Waals surface area contributed by atoms with Gasteiger partial charge in [0.1, 0.15) is 23.0 Å². The Bertz CT molecular complexity index is 815. The zero-order chi connectivity index (χ0) is 15.7. The highest BCUT2D eigenvalue weighted by Crippen LogP contribution is 2.28. The van der Waals surface area contributed by atoms with Crippen molar-refractivity contribution in [3.63, 3.8) is 0 Å². The minimum absolute atomic E-state index is 0.166. The summed E-state index contributed by atoms with van der Waals surface area (Å²) in [4.78, 5) is 0. The molecule has 0 aliphatic rings. The smallest absolute Gasteiger partial charge is 0.128 e. The second kappa shape index (κ2) is 5.82. The first-order chi connectivity index (χ1) is 10.6. The van der Waals surface area contributed by atoms with Crippen LogP contribution < -0.4 is 0 Å². The lowest BCUT2D eigenvalue weighted by atomic mass is 10.1. The molecule has 0 unspecified atom stereocenters. The Morgan fingerprint density at radius 2 is 1.82 bits per heavy atom. The summed E-state index contributed by atoms with van der Waals surface area (Å²) in [6, 6.07) is 9.86. The number of aromatic nitrogens is 3. The molecule has 22 heavy (non-hydrogen) atoms. The highest BCUT2D eigenvalue weighted by molar-refractivity contribution is 6.30. The normalized spacial score (nSPS) is 10.9. The van der Waals surface area contributed by atoms with Crippen LogP contribution in [-0.4, -0.2) is 20.1 Å². The van der Waals surface area contributed by atoms with Gasteiger partial charge in [0.25, 0.3) is 0 Å². The van der Waals surface area contributed by atoms with Gasteiger partial charge in [0.05, 0.1) is 12.3 Å². The lowest BCUT2D eigenvalue weighted by molar-refractivity contribution is 0.277. The summed E-state index contributed by atoms with van der Waals surface area (Å²) in [7, 11) is 0. The lowest BCUT2D eigenvalue weighted by Crippen LogP contribution is -2.01. The van der Waals surface area contributed by atoms with Crippen molar-refractivity contribution >= 4 is 11.6 Å². The predicted octanol–water partition coefficient (Wildman–Crippen LogP) is 3.36. The Labute approximate surface area is 129 Å². The minimum Gasteiger partial charge on any atom is -0.390 e. The maximum atomic E-state index is 13.4. The van der Waals surface area contributed by atoms with Gasteiger partial charge in [0.2, 0.25) is 0 Å². The van der Waals surface area contributed by atoms with Crippen LogP contribution in [0.3, 0.4) is 0 Å². The third-order valence-electron chi connectivity index (χ3n) is 3.08. The zero-order valence-corrected chi connectivity index (χ0v) is 11.9. The molecule has 0 aliphatic heterocycles. The fraction of sp³-hybridized carbons (Fsp3) is 0.0667. The first-order valence-corrected chi connectivity index (χ1v) is 6.74. The molecule has 1 heterocycles. The molecule has 3 aromatic rings.